The molecular weight excluding hydrogens is 157 g/mol. The SMILES string of the molecule is C#N.O[Si](O)(O)O.[H-].[K+]. The predicted octanol–water partition coefficient (Wildman–Crippen LogP) is -5.35. The molecule has 4 N–H and O–H groups in total. The van der Waals surface area contributed by atoms with Gasteiger partial charge in [-0.25, -0.2) is 5.26 Å². The summed E-state index contributed by atoms with van der Waals surface area (Å²) in [5.74, 6) is 0. The zero-order valence-electron chi connectivity index (χ0n) is 5.31. The van der Waals surface area contributed by atoms with Crippen LogP contribution in [-0.2, 0) is 0 Å². The van der Waals surface area contributed by atoms with Gasteiger partial charge in [-0.3, -0.25) is 0 Å². The Bertz CT molecular complexity index is 57.3. The Morgan fingerprint density at radius 1 is 1.12 bits per heavy atom. The molecule has 0 aromatic carbocycles. The Balaban J connectivity index is -0.0000000286. The molecule has 0 saturated carbocycles. The third kappa shape index (κ3) is 196. The van der Waals surface area contributed by atoms with Crippen molar-refractivity contribution in [1.29, 1.82) is 5.26 Å². The van der Waals surface area contributed by atoms with Crippen molar-refractivity contribution >= 4 is 9.05 Å². The fourth-order valence-electron chi connectivity index (χ4n) is 0. The number of nitriles is 1. The van der Waals surface area contributed by atoms with Crippen molar-refractivity contribution < 1.29 is 72.0 Å². The largest absolute Gasteiger partial charge is 1.00 e. The van der Waals surface area contributed by atoms with Crippen LogP contribution in [0.15, 0.2) is 0 Å². The van der Waals surface area contributed by atoms with Crippen LogP contribution in [0.2, 0.25) is 0 Å². The first-order valence-corrected chi connectivity index (χ1v) is 2.94. The minimum absolute atomic E-state index is 0. The third-order valence-corrected chi connectivity index (χ3v) is 0. The van der Waals surface area contributed by atoms with Gasteiger partial charge in [0.1, 0.15) is 0 Å². The molecule has 0 aromatic rings. The van der Waals surface area contributed by atoms with E-state index in [9.17, 15) is 0 Å². The summed E-state index contributed by atoms with van der Waals surface area (Å²) in [6, 6.07) is 0. The van der Waals surface area contributed by atoms with E-state index >= 15 is 0 Å². The maximum atomic E-state index is 7.33. The zero-order valence-corrected chi connectivity index (χ0v) is 8.44. The van der Waals surface area contributed by atoms with Crippen LogP contribution in [0.1, 0.15) is 1.43 Å². The summed E-state index contributed by atoms with van der Waals surface area (Å²) in [4.78, 5) is 29.3. The molecular formula is CH6KNO4Si. The smallest absolute Gasteiger partial charge is 1.00 e. The second kappa shape index (κ2) is 8.18. The molecule has 0 aliphatic heterocycles. The fraction of sp³-hybridized carbons (Fsp3) is 0. The molecule has 0 bridgehead atoms. The molecule has 0 unspecified atom stereocenters. The van der Waals surface area contributed by atoms with Crippen LogP contribution in [-0.4, -0.2) is 28.2 Å². The number of hydrogen-bond donors (Lipinski definition) is 4. The van der Waals surface area contributed by atoms with Gasteiger partial charge in [-0.05, 0) is 0 Å². The number of rotatable bonds is 0. The van der Waals surface area contributed by atoms with E-state index in [0.717, 1.165) is 0 Å². The predicted molar refractivity (Wildman–Crippen MR) is 22.4 cm³/mol. The van der Waals surface area contributed by atoms with E-state index in [0.29, 0.717) is 0 Å². The standard InChI is InChI=1S/CHN.K.H4O4Si.H/c1-2;;1-5(2,3)4;/h1H;;1-4H;/q;+1;;-1. The molecule has 0 heterocycles. The summed E-state index contributed by atoms with van der Waals surface area (Å²) in [6.45, 7) is 3.50. The summed E-state index contributed by atoms with van der Waals surface area (Å²) in [7, 11) is -4.61. The van der Waals surface area contributed by atoms with Crippen molar-refractivity contribution in [3.63, 3.8) is 0 Å². The molecule has 0 aliphatic carbocycles. The molecule has 0 spiro atoms. The first-order valence-electron chi connectivity index (χ1n) is 1.15. The van der Waals surface area contributed by atoms with Gasteiger partial charge in [0.15, 0.2) is 0 Å². The van der Waals surface area contributed by atoms with E-state index in [2.05, 4.69) is 6.57 Å². The molecule has 0 atom stereocenters. The Morgan fingerprint density at radius 3 is 1.12 bits per heavy atom. The van der Waals surface area contributed by atoms with Gasteiger partial charge in [0.2, 0.25) is 0 Å². The molecule has 0 aliphatic rings. The van der Waals surface area contributed by atoms with Crippen molar-refractivity contribution in [2.45, 2.75) is 0 Å². The maximum Gasteiger partial charge on any atom is 1.00 e. The summed E-state index contributed by atoms with van der Waals surface area (Å²) in [5.41, 5.74) is 0. The van der Waals surface area contributed by atoms with Crippen molar-refractivity contribution in [2.75, 3.05) is 0 Å². The Morgan fingerprint density at radius 2 is 1.12 bits per heavy atom. The van der Waals surface area contributed by atoms with Gasteiger partial charge in [-0.15, -0.1) is 0 Å². The normalized spacial score (nSPS) is 7.75. The van der Waals surface area contributed by atoms with Crippen LogP contribution in [0.25, 0.3) is 0 Å². The van der Waals surface area contributed by atoms with Gasteiger partial charge < -0.3 is 20.6 Å². The first-order chi connectivity index (χ1) is 3.00. The Kier molecular flexibility index (Phi) is 16.5. The van der Waals surface area contributed by atoms with Crippen LogP contribution in [0, 0.1) is 11.8 Å². The molecule has 0 rings (SSSR count). The second-order valence-corrected chi connectivity index (χ2v) is 1.80. The number of nitrogens with zero attached hydrogens (tertiary/aromatic N) is 1. The van der Waals surface area contributed by atoms with Gasteiger partial charge in [0.05, 0.1) is 0 Å². The summed E-state index contributed by atoms with van der Waals surface area (Å²) in [6.07, 6.45) is 0. The van der Waals surface area contributed by atoms with Gasteiger partial charge in [0.25, 0.3) is 0 Å². The van der Waals surface area contributed by atoms with Crippen molar-refractivity contribution in [2.24, 2.45) is 0 Å². The van der Waals surface area contributed by atoms with E-state index in [1.807, 2.05) is 0 Å². The second-order valence-electron chi connectivity index (χ2n) is 0.600. The van der Waals surface area contributed by atoms with E-state index in [1.54, 1.807) is 0 Å². The molecule has 0 aromatic heterocycles. The zero-order chi connectivity index (χ0) is 6.50. The third-order valence-electron chi connectivity index (χ3n) is 0. The van der Waals surface area contributed by atoms with Gasteiger partial charge in [-0.1, -0.05) is 0 Å². The van der Waals surface area contributed by atoms with Gasteiger partial charge in [-0.2, -0.15) is 0 Å². The summed E-state index contributed by atoms with van der Waals surface area (Å²) in [5, 5.41) is 6.50. The molecule has 8 heavy (non-hydrogen) atoms. The molecule has 0 saturated heterocycles. The average molecular weight is 163 g/mol. The quantitative estimate of drug-likeness (QED) is 0.267. The van der Waals surface area contributed by atoms with E-state index in [4.69, 9.17) is 24.4 Å². The Hall–Kier alpha value is 1.18. The van der Waals surface area contributed by atoms with Crippen LogP contribution >= 0.6 is 0 Å². The van der Waals surface area contributed by atoms with Gasteiger partial charge >= 0.3 is 60.4 Å². The first kappa shape index (κ1) is 16.1. The number of hydrogen-bond acceptors (Lipinski definition) is 5. The van der Waals surface area contributed by atoms with Gasteiger partial charge in [0, 0.05) is 6.57 Å². The van der Waals surface area contributed by atoms with Crippen molar-refractivity contribution in [1.82, 2.24) is 0 Å². The minimum Gasteiger partial charge on any atom is -1.00 e. The minimum atomic E-state index is -4.61. The monoisotopic (exact) mass is 163 g/mol. The fourth-order valence-corrected chi connectivity index (χ4v) is 0. The Labute approximate surface area is 91.6 Å². The molecule has 7 heteroatoms. The molecule has 0 radical (unpaired) electrons. The summed E-state index contributed by atoms with van der Waals surface area (Å²) < 4.78 is 0. The van der Waals surface area contributed by atoms with Crippen LogP contribution in [0.3, 0.4) is 0 Å². The van der Waals surface area contributed by atoms with Crippen LogP contribution < -0.4 is 51.4 Å². The van der Waals surface area contributed by atoms with E-state index in [1.165, 1.54) is 0 Å². The molecule has 0 amide bonds. The van der Waals surface area contributed by atoms with Crippen LogP contribution in [0.4, 0.5) is 0 Å². The van der Waals surface area contributed by atoms with E-state index in [-0.39, 0.29) is 52.8 Å². The van der Waals surface area contributed by atoms with Crippen molar-refractivity contribution in [3.8, 4) is 6.57 Å². The topological polar surface area (TPSA) is 105 Å². The summed E-state index contributed by atoms with van der Waals surface area (Å²) >= 11 is 0. The molecule has 5 nitrogen and oxygen atoms in total. The molecule has 44 valence electrons. The van der Waals surface area contributed by atoms with Crippen molar-refractivity contribution in [3.05, 3.63) is 0 Å². The van der Waals surface area contributed by atoms with Crippen LogP contribution in [0.5, 0.6) is 0 Å². The maximum absolute atomic E-state index is 7.33. The average Bonchev–Trinajstić information content (AvgIpc) is 1.36. The molecule has 0 fully saturated rings. The van der Waals surface area contributed by atoms with E-state index < -0.39 is 9.05 Å².